The second-order valence-electron chi connectivity index (χ2n) is 4.13. The Morgan fingerprint density at radius 1 is 1.47 bits per heavy atom. The lowest BCUT2D eigenvalue weighted by molar-refractivity contribution is 0.0613. The lowest BCUT2D eigenvalue weighted by Gasteiger charge is -2.21. The van der Waals surface area contributed by atoms with E-state index in [1.165, 1.54) is 12.1 Å². The van der Waals surface area contributed by atoms with Crippen LogP contribution in [-0.4, -0.2) is 25.7 Å². The van der Waals surface area contributed by atoms with Gasteiger partial charge in [0.1, 0.15) is 0 Å². The Kier molecular flexibility index (Phi) is 4.71. The standard InChI is InChI=1S/C11H16BrNO3S/c1-3-11(2,14)8-13-17(15,16)10-6-4-5-9(12)7-10/h4-7,13-14H,3,8H2,1-2H3. The third kappa shape index (κ3) is 4.39. The number of sulfonamides is 1. The number of nitrogens with one attached hydrogen (secondary N) is 1. The molecule has 1 atom stereocenters. The zero-order chi connectivity index (χ0) is 13.1. The van der Waals surface area contributed by atoms with Crippen molar-refractivity contribution >= 4 is 26.0 Å². The van der Waals surface area contributed by atoms with Crippen molar-refractivity contribution in [1.82, 2.24) is 4.72 Å². The molecule has 0 saturated heterocycles. The van der Waals surface area contributed by atoms with E-state index in [2.05, 4.69) is 20.7 Å². The van der Waals surface area contributed by atoms with Crippen molar-refractivity contribution in [1.29, 1.82) is 0 Å². The molecule has 1 aromatic carbocycles. The molecule has 0 spiro atoms. The summed E-state index contributed by atoms with van der Waals surface area (Å²) >= 11 is 3.22. The summed E-state index contributed by atoms with van der Waals surface area (Å²) in [5.41, 5.74) is -1.03. The fraction of sp³-hybridized carbons (Fsp3) is 0.455. The van der Waals surface area contributed by atoms with Gasteiger partial charge in [0.25, 0.3) is 0 Å². The van der Waals surface area contributed by atoms with Gasteiger partial charge in [-0.05, 0) is 31.5 Å². The molecule has 1 rings (SSSR count). The lowest BCUT2D eigenvalue weighted by atomic mass is 10.1. The fourth-order valence-corrected chi connectivity index (χ4v) is 2.85. The van der Waals surface area contributed by atoms with Crippen LogP contribution < -0.4 is 4.72 Å². The smallest absolute Gasteiger partial charge is 0.240 e. The molecule has 17 heavy (non-hydrogen) atoms. The molecular formula is C11H16BrNO3S. The topological polar surface area (TPSA) is 66.4 Å². The van der Waals surface area contributed by atoms with Crippen LogP contribution in [0.25, 0.3) is 0 Å². The largest absolute Gasteiger partial charge is 0.389 e. The SMILES string of the molecule is CCC(C)(O)CNS(=O)(=O)c1cccc(Br)c1. The molecule has 0 heterocycles. The van der Waals surface area contributed by atoms with Crippen molar-refractivity contribution in [2.45, 2.75) is 30.8 Å². The molecule has 0 fully saturated rings. The van der Waals surface area contributed by atoms with Crippen molar-refractivity contribution in [2.24, 2.45) is 0 Å². The van der Waals surface area contributed by atoms with E-state index < -0.39 is 15.6 Å². The monoisotopic (exact) mass is 321 g/mol. The van der Waals surface area contributed by atoms with E-state index in [1.807, 2.05) is 0 Å². The average molecular weight is 322 g/mol. The Labute approximate surface area is 110 Å². The minimum absolute atomic E-state index is 0.00164. The molecule has 6 heteroatoms. The zero-order valence-electron chi connectivity index (χ0n) is 9.77. The molecular weight excluding hydrogens is 306 g/mol. The van der Waals surface area contributed by atoms with E-state index in [0.29, 0.717) is 10.9 Å². The minimum atomic E-state index is -3.57. The first kappa shape index (κ1) is 14.6. The van der Waals surface area contributed by atoms with E-state index in [1.54, 1.807) is 26.0 Å². The third-order valence-electron chi connectivity index (χ3n) is 2.51. The van der Waals surface area contributed by atoms with Gasteiger partial charge in [-0.3, -0.25) is 0 Å². The predicted octanol–water partition coefficient (Wildman–Crippen LogP) is 1.89. The minimum Gasteiger partial charge on any atom is -0.389 e. The molecule has 0 radical (unpaired) electrons. The molecule has 4 nitrogen and oxygen atoms in total. The van der Waals surface area contributed by atoms with Crippen LogP contribution in [0, 0.1) is 0 Å². The van der Waals surface area contributed by atoms with Crippen LogP contribution in [0.4, 0.5) is 0 Å². The summed E-state index contributed by atoms with van der Waals surface area (Å²) in [4.78, 5) is 0.179. The maximum absolute atomic E-state index is 11.9. The average Bonchev–Trinajstić information content (AvgIpc) is 2.27. The summed E-state index contributed by atoms with van der Waals surface area (Å²) in [5, 5.41) is 9.75. The Morgan fingerprint density at radius 2 is 2.12 bits per heavy atom. The first-order valence-electron chi connectivity index (χ1n) is 5.24. The van der Waals surface area contributed by atoms with E-state index in [9.17, 15) is 13.5 Å². The first-order chi connectivity index (χ1) is 7.77. The van der Waals surface area contributed by atoms with E-state index >= 15 is 0 Å². The van der Waals surface area contributed by atoms with Crippen LogP contribution in [0.2, 0.25) is 0 Å². The number of benzene rings is 1. The summed E-state index contributed by atoms with van der Waals surface area (Å²) in [6.45, 7) is 3.39. The highest BCUT2D eigenvalue weighted by Crippen LogP contribution is 2.16. The Hall–Kier alpha value is -0.430. The maximum Gasteiger partial charge on any atom is 0.240 e. The normalized spacial score (nSPS) is 15.5. The van der Waals surface area contributed by atoms with Gasteiger partial charge < -0.3 is 5.11 Å². The van der Waals surface area contributed by atoms with Crippen molar-refractivity contribution in [2.75, 3.05) is 6.54 Å². The quantitative estimate of drug-likeness (QED) is 0.870. The summed E-state index contributed by atoms with van der Waals surface area (Å²) < 4.78 is 26.9. The molecule has 1 aromatic rings. The Morgan fingerprint density at radius 3 is 2.65 bits per heavy atom. The molecule has 0 amide bonds. The third-order valence-corrected chi connectivity index (χ3v) is 4.40. The fourth-order valence-electron chi connectivity index (χ4n) is 1.09. The summed E-state index contributed by atoms with van der Waals surface area (Å²) in [7, 11) is -3.57. The number of halogens is 1. The molecule has 0 aliphatic carbocycles. The van der Waals surface area contributed by atoms with Crippen LogP contribution in [0.15, 0.2) is 33.6 Å². The van der Waals surface area contributed by atoms with Crippen molar-refractivity contribution < 1.29 is 13.5 Å². The second kappa shape index (κ2) is 5.48. The van der Waals surface area contributed by atoms with Gasteiger partial charge in [0.05, 0.1) is 10.5 Å². The van der Waals surface area contributed by atoms with Crippen LogP contribution in [0.5, 0.6) is 0 Å². The van der Waals surface area contributed by atoms with Gasteiger partial charge in [0.15, 0.2) is 0 Å². The van der Waals surface area contributed by atoms with Gasteiger partial charge in [0.2, 0.25) is 10.0 Å². The Bertz CT molecular complexity index is 485. The van der Waals surface area contributed by atoms with Crippen LogP contribution in [-0.2, 0) is 10.0 Å². The highest BCUT2D eigenvalue weighted by molar-refractivity contribution is 9.10. The number of rotatable bonds is 5. The number of hydrogen-bond acceptors (Lipinski definition) is 3. The van der Waals surface area contributed by atoms with Gasteiger partial charge in [0, 0.05) is 11.0 Å². The van der Waals surface area contributed by atoms with Crippen molar-refractivity contribution in [3.63, 3.8) is 0 Å². The molecule has 96 valence electrons. The van der Waals surface area contributed by atoms with E-state index in [4.69, 9.17) is 0 Å². The predicted molar refractivity (Wildman–Crippen MR) is 70.2 cm³/mol. The van der Waals surface area contributed by atoms with E-state index in [0.717, 1.165) is 0 Å². The molecule has 2 N–H and O–H groups in total. The van der Waals surface area contributed by atoms with Crippen molar-refractivity contribution in [3.8, 4) is 0 Å². The highest BCUT2D eigenvalue weighted by atomic mass is 79.9. The molecule has 0 aliphatic heterocycles. The van der Waals surface area contributed by atoms with E-state index in [-0.39, 0.29) is 11.4 Å². The van der Waals surface area contributed by atoms with Gasteiger partial charge >= 0.3 is 0 Å². The first-order valence-corrected chi connectivity index (χ1v) is 7.52. The van der Waals surface area contributed by atoms with Gasteiger partial charge in [-0.15, -0.1) is 0 Å². The Balaban J connectivity index is 2.83. The zero-order valence-corrected chi connectivity index (χ0v) is 12.2. The molecule has 0 aliphatic rings. The summed E-state index contributed by atoms with van der Waals surface area (Å²) in [5.74, 6) is 0. The highest BCUT2D eigenvalue weighted by Gasteiger charge is 2.22. The van der Waals surface area contributed by atoms with Crippen LogP contribution >= 0.6 is 15.9 Å². The van der Waals surface area contributed by atoms with Gasteiger partial charge in [-0.2, -0.15) is 0 Å². The molecule has 0 bridgehead atoms. The number of hydrogen-bond donors (Lipinski definition) is 2. The molecule has 0 saturated carbocycles. The van der Waals surface area contributed by atoms with Crippen LogP contribution in [0.3, 0.4) is 0 Å². The second-order valence-corrected chi connectivity index (χ2v) is 6.82. The molecule has 0 aromatic heterocycles. The molecule has 1 unspecified atom stereocenters. The lowest BCUT2D eigenvalue weighted by Crippen LogP contribution is -2.40. The van der Waals surface area contributed by atoms with Crippen LogP contribution in [0.1, 0.15) is 20.3 Å². The van der Waals surface area contributed by atoms with Gasteiger partial charge in [-0.25, -0.2) is 13.1 Å². The summed E-state index contributed by atoms with van der Waals surface area (Å²) in [6, 6.07) is 6.43. The number of aliphatic hydroxyl groups is 1. The summed E-state index contributed by atoms with van der Waals surface area (Å²) in [6.07, 6.45) is 0.480. The van der Waals surface area contributed by atoms with Gasteiger partial charge in [-0.1, -0.05) is 28.9 Å². The van der Waals surface area contributed by atoms with Crippen molar-refractivity contribution in [3.05, 3.63) is 28.7 Å². The maximum atomic E-state index is 11.9.